The van der Waals surface area contributed by atoms with Gasteiger partial charge in [0.15, 0.2) is 0 Å². The minimum Gasteiger partial charge on any atom is -0.465 e. The largest absolute Gasteiger partial charge is 0.465 e. The lowest BCUT2D eigenvalue weighted by Gasteiger charge is -2.35. The fourth-order valence-electron chi connectivity index (χ4n) is 3.74. The van der Waals surface area contributed by atoms with Gasteiger partial charge in [-0.1, -0.05) is 13.8 Å². The molecule has 134 valence electrons. The Balaban J connectivity index is 1.99. The van der Waals surface area contributed by atoms with Crippen LogP contribution in [-0.4, -0.2) is 35.4 Å². The Morgan fingerprint density at radius 1 is 1.40 bits per heavy atom. The summed E-state index contributed by atoms with van der Waals surface area (Å²) in [4.78, 5) is 31.9. The number of rotatable bonds is 4. The first-order valence-electron chi connectivity index (χ1n) is 8.70. The average Bonchev–Trinajstić information content (AvgIpc) is 3.23. The smallest absolute Gasteiger partial charge is 0.339 e. The number of hydrogen-bond acceptors (Lipinski definition) is 4. The van der Waals surface area contributed by atoms with Crippen LogP contribution in [0.15, 0.2) is 11.4 Å². The van der Waals surface area contributed by atoms with Gasteiger partial charge >= 0.3 is 5.97 Å². The van der Waals surface area contributed by atoms with Gasteiger partial charge in [-0.05, 0) is 48.8 Å². The number of amides is 1. The maximum absolute atomic E-state index is 13.3. The number of thiophene rings is 1. The van der Waals surface area contributed by atoms with Crippen LogP contribution in [0.4, 0.5) is 0 Å². The molecule has 0 aromatic carbocycles. The van der Waals surface area contributed by atoms with Gasteiger partial charge < -0.3 is 14.6 Å². The molecule has 0 aliphatic carbocycles. The number of aromatic amines is 1. The molecule has 0 bridgehead atoms. The Labute approximate surface area is 152 Å². The predicted octanol–water partition coefficient (Wildman–Crippen LogP) is 3.88. The van der Waals surface area contributed by atoms with Crippen LogP contribution in [0.3, 0.4) is 0 Å². The molecule has 0 saturated heterocycles. The molecule has 5 nitrogen and oxygen atoms in total. The molecule has 1 unspecified atom stereocenters. The number of nitrogens with zero attached hydrogens (tertiary/aromatic N) is 1. The first-order valence-corrected chi connectivity index (χ1v) is 9.58. The number of hydrogen-bond donors (Lipinski definition) is 1. The lowest BCUT2D eigenvalue weighted by molar-refractivity contribution is 0.0599. The standard InChI is InChI=1S/C19H24N2O3S/c1-5-13-16(19(23)24-4)11(3)17(20-13)18(22)21-9-7-15-12(8-10-25-15)14(21)6-2/h8,10,14,20H,5-7,9H2,1-4H3. The number of carbonyl (C=O) groups excluding carboxylic acids is 2. The van der Waals surface area contributed by atoms with Gasteiger partial charge in [-0.15, -0.1) is 11.3 Å². The molecule has 1 atom stereocenters. The SMILES string of the molecule is CCc1[nH]c(C(=O)N2CCc3sccc3C2CC)c(C)c1C(=O)OC. The number of ether oxygens (including phenoxy) is 1. The monoisotopic (exact) mass is 360 g/mol. The van der Waals surface area contributed by atoms with Crippen molar-refractivity contribution in [3.05, 3.63) is 44.4 Å². The van der Waals surface area contributed by atoms with Crippen molar-refractivity contribution in [2.45, 2.75) is 46.1 Å². The molecular weight excluding hydrogens is 336 g/mol. The molecule has 1 aliphatic heterocycles. The molecule has 25 heavy (non-hydrogen) atoms. The number of esters is 1. The van der Waals surface area contributed by atoms with Crippen molar-refractivity contribution in [1.29, 1.82) is 0 Å². The highest BCUT2D eigenvalue weighted by Crippen LogP contribution is 2.36. The lowest BCUT2D eigenvalue weighted by Crippen LogP contribution is -2.39. The van der Waals surface area contributed by atoms with Crippen LogP contribution in [0.2, 0.25) is 0 Å². The van der Waals surface area contributed by atoms with Crippen molar-refractivity contribution in [2.24, 2.45) is 0 Å². The van der Waals surface area contributed by atoms with E-state index in [9.17, 15) is 9.59 Å². The summed E-state index contributed by atoms with van der Waals surface area (Å²) in [6, 6.07) is 2.23. The van der Waals surface area contributed by atoms with Crippen LogP contribution >= 0.6 is 11.3 Å². The van der Waals surface area contributed by atoms with Crippen molar-refractivity contribution in [1.82, 2.24) is 9.88 Å². The van der Waals surface area contributed by atoms with Crippen LogP contribution in [0.5, 0.6) is 0 Å². The summed E-state index contributed by atoms with van der Waals surface area (Å²) in [6.45, 7) is 6.59. The summed E-state index contributed by atoms with van der Waals surface area (Å²) in [5, 5.41) is 2.10. The van der Waals surface area contributed by atoms with E-state index in [0.29, 0.717) is 29.8 Å². The van der Waals surface area contributed by atoms with E-state index in [1.807, 2.05) is 18.7 Å². The molecule has 1 N–H and O–H groups in total. The van der Waals surface area contributed by atoms with Gasteiger partial charge in [0.2, 0.25) is 0 Å². The van der Waals surface area contributed by atoms with Gasteiger partial charge in [-0.3, -0.25) is 4.79 Å². The zero-order valence-electron chi connectivity index (χ0n) is 15.1. The Morgan fingerprint density at radius 3 is 2.80 bits per heavy atom. The van der Waals surface area contributed by atoms with Gasteiger partial charge in [0, 0.05) is 17.1 Å². The third-order valence-electron chi connectivity index (χ3n) is 5.03. The summed E-state index contributed by atoms with van der Waals surface area (Å²) in [6.07, 6.45) is 2.41. The molecule has 0 fully saturated rings. The molecule has 1 amide bonds. The molecule has 3 rings (SSSR count). The van der Waals surface area contributed by atoms with Crippen molar-refractivity contribution in [3.8, 4) is 0 Å². The van der Waals surface area contributed by atoms with Gasteiger partial charge in [-0.2, -0.15) is 0 Å². The average molecular weight is 360 g/mol. The number of aryl methyl sites for hydroxylation is 1. The summed E-state index contributed by atoms with van der Waals surface area (Å²) >= 11 is 1.77. The van der Waals surface area contributed by atoms with Crippen molar-refractivity contribution in [2.75, 3.05) is 13.7 Å². The van der Waals surface area contributed by atoms with Gasteiger partial charge in [-0.25, -0.2) is 4.79 Å². The summed E-state index contributed by atoms with van der Waals surface area (Å²) in [5.74, 6) is -0.429. The molecule has 1 aliphatic rings. The Hall–Kier alpha value is -2.08. The molecule has 2 aromatic heterocycles. The van der Waals surface area contributed by atoms with Gasteiger partial charge in [0.1, 0.15) is 5.69 Å². The highest BCUT2D eigenvalue weighted by molar-refractivity contribution is 7.10. The van der Waals surface area contributed by atoms with E-state index < -0.39 is 5.97 Å². The lowest BCUT2D eigenvalue weighted by atomic mass is 9.97. The number of fused-ring (bicyclic) bond motifs is 1. The number of carbonyl (C=O) groups is 2. The van der Waals surface area contributed by atoms with Crippen LogP contribution in [0.25, 0.3) is 0 Å². The van der Waals surface area contributed by atoms with Crippen molar-refractivity contribution in [3.63, 3.8) is 0 Å². The second-order valence-electron chi connectivity index (χ2n) is 6.30. The van der Waals surface area contributed by atoms with Crippen LogP contribution < -0.4 is 0 Å². The Bertz CT molecular complexity index is 806. The first kappa shape index (κ1) is 17.7. The molecule has 0 saturated carbocycles. The number of H-pyrrole nitrogens is 1. The zero-order valence-corrected chi connectivity index (χ0v) is 16.0. The van der Waals surface area contributed by atoms with Gasteiger partial charge in [0.25, 0.3) is 5.91 Å². The number of aromatic nitrogens is 1. The first-order chi connectivity index (χ1) is 12.0. The van der Waals surface area contributed by atoms with E-state index in [1.54, 1.807) is 11.3 Å². The van der Waals surface area contributed by atoms with Crippen molar-refractivity contribution < 1.29 is 14.3 Å². The quantitative estimate of drug-likeness (QED) is 0.842. The van der Waals surface area contributed by atoms with Crippen LogP contribution in [0, 0.1) is 6.92 Å². The van der Waals surface area contributed by atoms with Gasteiger partial charge in [0.05, 0.1) is 18.7 Å². The highest BCUT2D eigenvalue weighted by atomic mass is 32.1. The topological polar surface area (TPSA) is 62.4 Å². The van der Waals surface area contributed by atoms with Crippen molar-refractivity contribution >= 4 is 23.2 Å². The molecule has 0 radical (unpaired) electrons. The van der Waals surface area contributed by atoms with E-state index in [4.69, 9.17) is 4.74 Å². The third-order valence-corrected chi connectivity index (χ3v) is 6.02. The van der Waals surface area contributed by atoms with E-state index in [0.717, 1.165) is 18.5 Å². The van der Waals surface area contributed by atoms with E-state index in [2.05, 4.69) is 23.4 Å². The fourth-order valence-corrected chi connectivity index (χ4v) is 4.67. The second-order valence-corrected chi connectivity index (χ2v) is 7.30. The minimum atomic E-state index is -0.393. The fraction of sp³-hybridized carbons (Fsp3) is 0.474. The summed E-state index contributed by atoms with van der Waals surface area (Å²) in [5.41, 5.74) is 3.71. The Morgan fingerprint density at radius 2 is 2.16 bits per heavy atom. The summed E-state index contributed by atoms with van der Waals surface area (Å²) in [7, 11) is 1.37. The summed E-state index contributed by atoms with van der Waals surface area (Å²) < 4.78 is 4.89. The molecular formula is C19H24N2O3S. The second kappa shape index (κ2) is 7.04. The zero-order chi connectivity index (χ0) is 18.1. The normalized spacial score (nSPS) is 16.6. The van der Waals surface area contributed by atoms with Crippen LogP contribution in [-0.2, 0) is 17.6 Å². The maximum Gasteiger partial charge on any atom is 0.339 e. The molecule has 2 aromatic rings. The predicted molar refractivity (Wildman–Crippen MR) is 98.3 cm³/mol. The molecule has 0 spiro atoms. The van der Waals surface area contributed by atoms with E-state index >= 15 is 0 Å². The third kappa shape index (κ3) is 2.88. The maximum atomic E-state index is 13.3. The molecule has 3 heterocycles. The Kier molecular flexibility index (Phi) is 4.99. The molecule has 6 heteroatoms. The minimum absolute atomic E-state index is 0.0361. The van der Waals surface area contributed by atoms with E-state index in [1.165, 1.54) is 17.6 Å². The van der Waals surface area contributed by atoms with Crippen LogP contribution in [0.1, 0.15) is 68.9 Å². The number of methoxy groups -OCH3 is 1. The van der Waals surface area contributed by atoms with E-state index in [-0.39, 0.29) is 11.9 Å². The number of nitrogens with one attached hydrogen (secondary N) is 1. The highest BCUT2D eigenvalue weighted by Gasteiger charge is 2.33.